The molecule has 2 nitrogen and oxygen atoms in total. The van der Waals surface area contributed by atoms with Gasteiger partial charge in [0.1, 0.15) is 5.78 Å². The van der Waals surface area contributed by atoms with E-state index in [0.29, 0.717) is 18.8 Å². The normalized spacial score (nSPS) is 16.9. The zero-order valence-electron chi connectivity index (χ0n) is 14.3. The molecule has 0 aromatic heterocycles. The van der Waals surface area contributed by atoms with E-state index in [4.69, 9.17) is 0 Å². The summed E-state index contributed by atoms with van der Waals surface area (Å²) in [5.41, 5.74) is 4.59. The Balaban J connectivity index is 2.19. The maximum atomic E-state index is 12.6. The Labute approximate surface area is 134 Å². The average Bonchev–Trinajstić information content (AvgIpc) is 3.33. The van der Waals surface area contributed by atoms with Crippen LogP contribution in [0.4, 0.5) is 0 Å². The van der Waals surface area contributed by atoms with Crippen LogP contribution in [0.5, 0.6) is 0 Å². The molecule has 0 amide bonds. The number of nitriles is 1. The van der Waals surface area contributed by atoms with Gasteiger partial charge in [-0.1, -0.05) is 31.5 Å². The molecule has 1 aromatic carbocycles. The number of hydrogen-bond acceptors (Lipinski definition) is 2. The number of rotatable bonds is 7. The Morgan fingerprint density at radius 3 is 2.23 bits per heavy atom. The Hall–Kier alpha value is -1.62. The lowest BCUT2D eigenvalue weighted by Gasteiger charge is -2.21. The Kier molecular flexibility index (Phi) is 5.06. The second-order valence-electron chi connectivity index (χ2n) is 6.96. The van der Waals surface area contributed by atoms with Gasteiger partial charge >= 0.3 is 0 Å². The smallest absolute Gasteiger partial charge is 0.138 e. The predicted molar refractivity (Wildman–Crippen MR) is 89.7 cm³/mol. The topological polar surface area (TPSA) is 40.9 Å². The van der Waals surface area contributed by atoms with Crippen LogP contribution < -0.4 is 0 Å². The first-order chi connectivity index (χ1) is 10.4. The Bertz CT molecular complexity index is 582. The molecule has 1 aliphatic carbocycles. The number of benzene rings is 1. The van der Waals surface area contributed by atoms with Crippen molar-refractivity contribution in [3.05, 3.63) is 34.4 Å². The molecule has 1 atom stereocenters. The minimum Gasteiger partial charge on any atom is -0.299 e. The number of Topliss-reactive ketones (excluding diaryl/α,β-unsaturated/α-hetero) is 1. The van der Waals surface area contributed by atoms with Crippen LogP contribution in [0, 0.1) is 29.6 Å². The van der Waals surface area contributed by atoms with Crippen LogP contribution >= 0.6 is 0 Å². The lowest BCUT2D eigenvalue weighted by atomic mass is 9.80. The van der Waals surface area contributed by atoms with Gasteiger partial charge in [0.2, 0.25) is 0 Å². The van der Waals surface area contributed by atoms with Crippen molar-refractivity contribution in [2.45, 2.75) is 66.2 Å². The maximum Gasteiger partial charge on any atom is 0.138 e. The third-order valence-corrected chi connectivity index (χ3v) is 5.01. The van der Waals surface area contributed by atoms with E-state index in [1.54, 1.807) is 0 Å². The van der Waals surface area contributed by atoms with E-state index in [1.165, 1.54) is 22.3 Å². The molecular weight excluding hydrogens is 270 g/mol. The van der Waals surface area contributed by atoms with Crippen molar-refractivity contribution >= 4 is 5.78 Å². The number of carbonyl (C=O) groups is 1. The fourth-order valence-electron chi connectivity index (χ4n) is 3.49. The summed E-state index contributed by atoms with van der Waals surface area (Å²) in [5.74, 6) is 0.639. The lowest BCUT2D eigenvalue weighted by molar-refractivity contribution is -0.120. The van der Waals surface area contributed by atoms with E-state index in [1.807, 2.05) is 6.92 Å². The van der Waals surface area contributed by atoms with E-state index < -0.39 is 5.41 Å². The zero-order chi connectivity index (χ0) is 16.3. The number of ketones is 1. The molecule has 118 valence electrons. The van der Waals surface area contributed by atoms with Crippen LogP contribution in [0.25, 0.3) is 0 Å². The standard InChI is InChI=1S/C20H27NO/c1-5-15-9-14(3)10-16(6-2)19(15)11-18(22)12-20(4,13-21)17-7-8-17/h9-10,17H,5-8,11-12H2,1-4H3. The molecule has 1 saturated carbocycles. The van der Waals surface area contributed by atoms with Gasteiger partial charge in [0.25, 0.3) is 0 Å². The highest BCUT2D eigenvalue weighted by Gasteiger charge is 2.43. The van der Waals surface area contributed by atoms with Crippen LogP contribution in [0.1, 0.15) is 62.3 Å². The summed E-state index contributed by atoms with van der Waals surface area (Å²) in [7, 11) is 0. The van der Waals surface area contributed by atoms with Crippen LogP contribution in [-0.4, -0.2) is 5.78 Å². The molecule has 0 radical (unpaired) electrons. The van der Waals surface area contributed by atoms with Crippen molar-refractivity contribution < 1.29 is 4.79 Å². The number of nitrogens with zero attached hydrogens (tertiary/aromatic N) is 1. The molecule has 1 unspecified atom stereocenters. The van der Waals surface area contributed by atoms with Crippen molar-refractivity contribution in [3.63, 3.8) is 0 Å². The molecule has 1 aromatic rings. The summed E-state index contributed by atoms with van der Waals surface area (Å²) in [6.45, 7) is 8.36. The van der Waals surface area contributed by atoms with Gasteiger partial charge in [0, 0.05) is 12.8 Å². The fraction of sp³-hybridized carbons (Fsp3) is 0.600. The van der Waals surface area contributed by atoms with Gasteiger partial charge < -0.3 is 0 Å². The molecule has 0 N–H and O–H groups in total. The predicted octanol–water partition coefficient (Wildman–Crippen LogP) is 4.56. The number of hydrogen-bond donors (Lipinski definition) is 0. The molecule has 0 saturated heterocycles. The van der Waals surface area contributed by atoms with Gasteiger partial charge in [0.15, 0.2) is 0 Å². The molecule has 0 bridgehead atoms. The fourth-order valence-corrected chi connectivity index (χ4v) is 3.49. The molecule has 1 aliphatic rings. The van der Waals surface area contributed by atoms with E-state index in [0.717, 1.165) is 25.7 Å². The van der Waals surface area contributed by atoms with Crippen molar-refractivity contribution in [3.8, 4) is 6.07 Å². The van der Waals surface area contributed by atoms with Gasteiger partial charge in [-0.05, 0) is 62.1 Å². The minimum atomic E-state index is -0.458. The minimum absolute atomic E-state index is 0.212. The first-order valence-electron chi connectivity index (χ1n) is 8.47. The largest absolute Gasteiger partial charge is 0.299 e. The molecule has 2 heteroatoms. The summed E-state index contributed by atoms with van der Waals surface area (Å²) in [6.07, 6.45) is 4.99. The lowest BCUT2D eigenvalue weighted by Crippen LogP contribution is -2.23. The SMILES string of the molecule is CCc1cc(C)cc(CC)c1CC(=O)CC(C)(C#N)C1CC1. The third-order valence-electron chi connectivity index (χ3n) is 5.01. The van der Waals surface area contributed by atoms with Gasteiger partial charge in [-0.3, -0.25) is 4.79 Å². The quantitative estimate of drug-likeness (QED) is 0.740. The van der Waals surface area contributed by atoms with Crippen molar-refractivity contribution in [2.24, 2.45) is 11.3 Å². The highest BCUT2D eigenvalue weighted by molar-refractivity contribution is 5.82. The summed E-state index contributed by atoms with van der Waals surface area (Å²) < 4.78 is 0. The van der Waals surface area contributed by atoms with Gasteiger partial charge in [0.05, 0.1) is 11.5 Å². The first-order valence-corrected chi connectivity index (χ1v) is 8.47. The van der Waals surface area contributed by atoms with Gasteiger partial charge in [-0.25, -0.2) is 0 Å². The van der Waals surface area contributed by atoms with Crippen LogP contribution in [-0.2, 0) is 24.1 Å². The van der Waals surface area contributed by atoms with E-state index in [-0.39, 0.29) is 5.78 Å². The molecule has 0 aliphatic heterocycles. The van der Waals surface area contributed by atoms with E-state index in [2.05, 4.69) is 39.0 Å². The van der Waals surface area contributed by atoms with Gasteiger partial charge in [-0.2, -0.15) is 5.26 Å². The number of aryl methyl sites for hydroxylation is 3. The highest BCUT2D eigenvalue weighted by atomic mass is 16.1. The van der Waals surface area contributed by atoms with Crippen LogP contribution in [0.2, 0.25) is 0 Å². The summed E-state index contributed by atoms with van der Waals surface area (Å²) in [5, 5.41) is 9.45. The Morgan fingerprint density at radius 1 is 1.27 bits per heavy atom. The van der Waals surface area contributed by atoms with Crippen molar-refractivity contribution in [1.82, 2.24) is 0 Å². The highest BCUT2D eigenvalue weighted by Crippen LogP contribution is 2.47. The summed E-state index contributed by atoms with van der Waals surface area (Å²) in [6, 6.07) is 6.80. The molecule has 1 fully saturated rings. The van der Waals surface area contributed by atoms with Crippen molar-refractivity contribution in [1.29, 1.82) is 5.26 Å². The maximum absolute atomic E-state index is 12.6. The van der Waals surface area contributed by atoms with E-state index in [9.17, 15) is 10.1 Å². The zero-order valence-corrected chi connectivity index (χ0v) is 14.3. The van der Waals surface area contributed by atoms with Crippen LogP contribution in [0.3, 0.4) is 0 Å². The van der Waals surface area contributed by atoms with Crippen LogP contribution in [0.15, 0.2) is 12.1 Å². The molecule has 0 spiro atoms. The first kappa shape index (κ1) is 16.7. The third kappa shape index (κ3) is 3.58. The summed E-state index contributed by atoms with van der Waals surface area (Å²) >= 11 is 0. The van der Waals surface area contributed by atoms with E-state index >= 15 is 0 Å². The number of carbonyl (C=O) groups excluding carboxylic acids is 1. The molecular formula is C20H27NO. The second-order valence-corrected chi connectivity index (χ2v) is 6.96. The monoisotopic (exact) mass is 297 g/mol. The van der Waals surface area contributed by atoms with Gasteiger partial charge in [-0.15, -0.1) is 0 Å². The second kappa shape index (κ2) is 6.65. The molecule has 0 heterocycles. The average molecular weight is 297 g/mol. The Morgan fingerprint density at radius 2 is 1.82 bits per heavy atom. The summed E-state index contributed by atoms with van der Waals surface area (Å²) in [4.78, 5) is 12.6. The van der Waals surface area contributed by atoms with Crippen molar-refractivity contribution in [2.75, 3.05) is 0 Å². The molecule has 22 heavy (non-hydrogen) atoms. The molecule has 2 rings (SSSR count).